The molecule has 2 aromatic rings. The van der Waals surface area contributed by atoms with Crippen LogP contribution in [0.3, 0.4) is 0 Å². The molecular weight excluding hydrogens is 330 g/mol. The monoisotopic (exact) mass is 355 g/mol. The Balaban J connectivity index is 1.85. The van der Waals surface area contributed by atoms with Gasteiger partial charge in [0.05, 0.1) is 0 Å². The molecule has 3 rings (SSSR count). The van der Waals surface area contributed by atoms with Crippen LogP contribution in [-0.2, 0) is 22.6 Å². The summed E-state index contributed by atoms with van der Waals surface area (Å²) < 4.78 is 2.18. The zero-order chi connectivity index (χ0) is 18.7. The highest BCUT2D eigenvalue weighted by Gasteiger charge is 2.18. The highest BCUT2D eigenvalue weighted by molar-refractivity contribution is 5.97. The minimum atomic E-state index is -0.597. The summed E-state index contributed by atoms with van der Waals surface area (Å²) >= 11 is 0. The van der Waals surface area contributed by atoms with Crippen molar-refractivity contribution in [2.45, 2.75) is 59.0 Å². The van der Waals surface area contributed by atoms with Gasteiger partial charge >= 0.3 is 0 Å². The molecule has 1 aromatic heterocycles. The number of fused-ring (bicyclic) bond motifs is 1. The van der Waals surface area contributed by atoms with Crippen molar-refractivity contribution in [3.63, 3.8) is 0 Å². The van der Waals surface area contributed by atoms with Gasteiger partial charge in [0.25, 0.3) is 0 Å². The average Bonchev–Trinajstić information content (AvgIpc) is 2.84. The maximum Gasteiger partial charge on any atom is 0.246 e. The normalized spacial score (nSPS) is 14.9. The van der Waals surface area contributed by atoms with Gasteiger partial charge < -0.3 is 15.2 Å². The fourth-order valence-electron chi connectivity index (χ4n) is 3.21. The van der Waals surface area contributed by atoms with Gasteiger partial charge in [-0.2, -0.15) is 0 Å². The van der Waals surface area contributed by atoms with Crippen molar-refractivity contribution in [2.75, 3.05) is 5.32 Å². The fourth-order valence-corrected chi connectivity index (χ4v) is 3.21. The molecule has 2 N–H and O–H groups in total. The molecule has 138 valence electrons. The topological polar surface area (TPSA) is 88.9 Å². The summed E-state index contributed by atoms with van der Waals surface area (Å²) in [5.74, 6) is 1.39. The summed E-state index contributed by atoms with van der Waals surface area (Å²) in [6.45, 7) is 5.92. The van der Waals surface area contributed by atoms with Crippen LogP contribution < -0.4 is 10.6 Å². The number of hydrogen-bond acceptors (Lipinski definition) is 4. The Kier molecular flexibility index (Phi) is 5.35. The molecule has 0 saturated heterocycles. The number of rotatable bonds is 4. The summed E-state index contributed by atoms with van der Waals surface area (Å²) in [7, 11) is 0. The van der Waals surface area contributed by atoms with Crippen molar-refractivity contribution in [1.82, 2.24) is 20.1 Å². The molecule has 2 heterocycles. The second kappa shape index (κ2) is 7.68. The first-order valence-corrected chi connectivity index (χ1v) is 9.07. The van der Waals surface area contributed by atoms with Gasteiger partial charge in [0, 0.05) is 31.1 Å². The molecule has 0 spiro atoms. The molecule has 7 heteroatoms. The molecule has 1 aliphatic heterocycles. The number of aromatic nitrogens is 3. The van der Waals surface area contributed by atoms with E-state index in [0.29, 0.717) is 0 Å². The maximum absolute atomic E-state index is 12.3. The number of nitrogens with zero attached hydrogens (tertiary/aromatic N) is 3. The van der Waals surface area contributed by atoms with Gasteiger partial charge in [0.1, 0.15) is 11.9 Å². The lowest BCUT2D eigenvalue weighted by atomic mass is 10.1. The minimum Gasteiger partial charge on any atom is -0.345 e. The molecule has 1 atom stereocenters. The molecule has 0 radical (unpaired) electrons. The van der Waals surface area contributed by atoms with E-state index < -0.39 is 6.04 Å². The Morgan fingerprint density at radius 3 is 2.77 bits per heavy atom. The summed E-state index contributed by atoms with van der Waals surface area (Å²) in [6, 6.07) is 5.30. The molecule has 26 heavy (non-hydrogen) atoms. The average molecular weight is 355 g/mol. The van der Waals surface area contributed by atoms with Gasteiger partial charge in [-0.15, -0.1) is 10.2 Å². The maximum atomic E-state index is 12.3. The predicted octanol–water partition coefficient (Wildman–Crippen LogP) is 2.44. The number of nitrogens with one attached hydrogen (secondary N) is 2. The third-order valence-corrected chi connectivity index (χ3v) is 4.68. The molecule has 7 nitrogen and oxygen atoms in total. The smallest absolute Gasteiger partial charge is 0.246 e. The fraction of sp³-hybridized carbons (Fsp3) is 0.474. The number of aryl methyl sites for hydroxylation is 2. The van der Waals surface area contributed by atoms with Gasteiger partial charge in [0.2, 0.25) is 11.8 Å². The van der Waals surface area contributed by atoms with E-state index in [1.165, 1.54) is 13.3 Å². The minimum absolute atomic E-state index is 0.232. The largest absolute Gasteiger partial charge is 0.345 e. The number of carbonyl (C=O) groups excluding carboxylic acids is 2. The third kappa shape index (κ3) is 3.92. The van der Waals surface area contributed by atoms with E-state index in [2.05, 4.69) is 25.4 Å². The van der Waals surface area contributed by atoms with Crippen LogP contribution in [0.25, 0.3) is 11.4 Å². The van der Waals surface area contributed by atoms with Crippen molar-refractivity contribution in [2.24, 2.45) is 0 Å². The second-order valence-electron chi connectivity index (χ2n) is 6.84. The number of carbonyl (C=O) groups is 2. The van der Waals surface area contributed by atoms with E-state index >= 15 is 0 Å². The van der Waals surface area contributed by atoms with E-state index in [9.17, 15) is 9.59 Å². The van der Waals surface area contributed by atoms with Gasteiger partial charge in [-0.05, 0) is 38.3 Å². The summed E-state index contributed by atoms with van der Waals surface area (Å²) in [5, 5.41) is 14.2. The SMILES string of the molecule is CC(=O)NC(C)C(=O)Nc1cc(-c2nnc3n2CCCCC3)ccc1C. The lowest BCUT2D eigenvalue weighted by Crippen LogP contribution is -2.40. The number of benzene rings is 1. The summed E-state index contributed by atoms with van der Waals surface area (Å²) in [4.78, 5) is 23.5. The van der Waals surface area contributed by atoms with Crippen LogP contribution in [-0.4, -0.2) is 32.6 Å². The van der Waals surface area contributed by atoms with Crippen LogP contribution in [0, 0.1) is 6.92 Å². The number of anilines is 1. The zero-order valence-corrected chi connectivity index (χ0v) is 15.5. The summed E-state index contributed by atoms with van der Waals surface area (Å²) in [6.07, 6.45) is 4.44. The Hall–Kier alpha value is -2.70. The van der Waals surface area contributed by atoms with Crippen molar-refractivity contribution in [3.8, 4) is 11.4 Å². The highest BCUT2D eigenvalue weighted by Crippen LogP contribution is 2.27. The summed E-state index contributed by atoms with van der Waals surface area (Å²) in [5.41, 5.74) is 2.60. The standard InChI is InChI=1S/C19H25N5O2/c1-12-8-9-15(11-16(12)21-19(26)13(2)20-14(3)25)18-23-22-17-7-5-4-6-10-24(17)18/h8-9,11,13H,4-7,10H2,1-3H3,(H,20,25)(H,21,26). The van der Waals surface area contributed by atoms with Crippen LogP contribution in [0.4, 0.5) is 5.69 Å². The van der Waals surface area contributed by atoms with Crippen molar-refractivity contribution in [3.05, 3.63) is 29.6 Å². The Labute approximate surface area is 153 Å². The van der Waals surface area contributed by atoms with E-state index in [4.69, 9.17) is 0 Å². The van der Waals surface area contributed by atoms with Gasteiger partial charge in [-0.3, -0.25) is 9.59 Å². The van der Waals surface area contributed by atoms with Crippen LogP contribution in [0.2, 0.25) is 0 Å². The number of amides is 2. The molecule has 1 aliphatic rings. The van der Waals surface area contributed by atoms with Gasteiger partial charge in [-0.25, -0.2) is 0 Å². The Bertz CT molecular complexity index is 827. The first kappa shape index (κ1) is 18.1. The first-order valence-electron chi connectivity index (χ1n) is 9.07. The lowest BCUT2D eigenvalue weighted by Gasteiger charge is -2.15. The van der Waals surface area contributed by atoms with Crippen LogP contribution in [0.15, 0.2) is 18.2 Å². The second-order valence-corrected chi connectivity index (χ2v) is 6.84. The third-order valence-electron chi connectivity index (χ3n) is 4.68. The highest BCUT2D eigenvalue weighted by atomic mass is 16.2. The lowest BCUT2D eigenvalue weighted by molar-refractivity contribution is -0.124. The van der Waals surface area contributed by atoms with Crippen LogP contribution in [0.5, 0.6) is 0 Å². The first-order chi connectivity index (χ1) is 12.5. The van der Waals surface area contributed by atoms with Crippen molar-refractivity contribution >= 4 is 17.5 Å². The molecule has 1 aromatic carbocycles. The van der Waals surface area contributed by atoms with Crippen molar-refractivity contribution < 1.29 is 9.59 Å². The Morgan fingerprint density at radius 2 is 2.00 bits per heavy atom. The van der Waals surface area contributed by atoms with E-state index in [0.717, 1.165) is 54.3 Å². The van der Waals surface area contributed by atoms with Crippen molar-refractivity contribution in [1.29, 1.82) is 0 Å². The number of hydrogen-bond donors (Lipinski definition) is 2. The molecule has 0 aliphatic carbocycles. The molecule has 2 amide bonds. The van der Waals surface area contributed by atoms with E-state index in [-0.39, 0.29) is 11.8 Å². The van der Waals surface area contributed by atoms with Crippen LogP contribution in [0.1, 0.15) is 44.5 Å². The van der Waals surface area contributed by atoms with E-state index in [1.807, 2.05) is 25.1 Å². The molecule has 0 bridgehead atoms. The van der Waals surface area contributed by atoms with E-state index in [1.54, 1.807) is 6.92 Å². The molecule has 1 unspecified atom stereocenters. The predicted molar refractivity (Wildman–Crippen MR) is 99.7 cm³/mol. The molecule has 0 fully saturated rings. The van der Waals surface area contributed by atoms with Crippen LogP contribution >= 0.6 is 0 Å². The van der Waals surface area contributed by atoms with Gasteiger partial charge in [0.15, 0.2) is 5.82 Å². The Morgan fingerprint density at radius 1 is 1.19 bits per heavy atom. The zero-order valence-electron chi connectivity index (χ0n) is 15.5. The molecule has 0 saturated carbocycles. The quantitative estimate of drug-likeness (QED) is 0.882. The molecular formula is C19H25N5O2. The van der Waals surface area contributed by atoms with Gasteiger partial charge in [-0.1, -0.05) is 18.6 Å².